The lowest BCUT2D eigenvalue weighted by molar-refractivity contribution is -0.141. The lowest BCUT2D eigenvalue weighted by atomic mass is 9.97. The minimum absolute atomic E-state index is 0.0381. The molecule has 0 aliphatic carbocycles. The average Bonchev–Trinajstić information content (AvgIpc) is 2.92. The van der Waals surface area contributed by atoms with Crippen LogP contribution in [0.5, 0.6) is 0 Å². The number of nitrogens with one attached hydrogen (secondary N) is 2. The summed E-state index contributed by atoms with van der Waals surface area (Å²) < 4.78 is 5.43. The summed E-state index contributed by atoms with van der Waals surface area (Å²) in [5.41, 5.74) is 7.77. The van der Waals surface area contributed by atoms with Gasteiger partial charge in [-0.1, -0.05) is 79.4 Å². The molecule has 0 bridgehead atoms. The third-order valence-corrected chi connectivity index (χ3v) is 7.09. The lowest BCUT2D eigenvalue weighted by Gasteiger charge is -2.35. The maximum absolute atomic E-state index is 14.4. The van der Waals surface area contributed by atoms with Crippen molar-refractivity contribution in [2.75, 3.05) is 11.9 Å². The van der Waals surface area contributed by atoms with E-state index in [0.717, 1.165) is 34.7 Å². The zero-order chi connectivity index (χ0) is 32.4. The number of carbonyl (C=O) groups excluding carboxylic acids is 4. The maximum atomic E-state index is 14.4. The number of hydrogen-bond acceptors (Lipinski definition) is 5. The van der Waals surface area contributed by atoms with Crippen LogP contribution in [0.4, 0.5) is 10.5 Å². The van der Waals surface area contributed by atoms with Gasteiger partial charge in [-0.15, -0.1) is 0 Å². The molecule has 44 heavy (non-hydrogen) atoms. The van der Waals surface area contributed by atoms with Crippen LogP contribution < -0.4 is 16.4 Å². The molecule has 0 saturated heterocycles. The third kappa shape index (κ3) is 10.1. The van der Waals surface area contributed by atoms with E-state index in [1.165, 1.54) is 4.90 Å². The van der Waals surface area contributed by atoms with E-state index in [-0.39, 0.29) is 25.3 Å². The van der Waals surface area contributed by atoms with Gasteiger partial charge in [0.2, 0.25) is 11.8 Å². The Kier molecular flexibility index (Phi) is 11.9. The molecular weight excluding hydrogens is 556 g/mol. The van der Waals surface area contributed by atoms with E-state index < -0.39 is 35.6 Å². The van der Waals surface area contributed by atoms with Crippen molar-refractivity contribution >= 4 is 40.3 Å². The molecule has 236 valence electrons. The Morgan fingerprint density at radius 3 is 2.18 bits per heavy atom. The number of nitrogens with zero attached hydrogens (tertiary/aromatic N) is 1. The van der Waals surface area contributed by atoms with E-state index in [9.17, 15) is 19.2 Å². The van der Waals surface area contributed by atoms with Crippen LogP contribution in [0.2, 0.25) is 0 Å². The number of anilines is 1. The summed E-state index contributed by atoms with van der Waals surface area (Å²) in [7, 11) is 0. The fourth-order valence-electron chi connectivity index (χ4n) is 5.21. The van der Waals surface area contributed by atoms with E-state index in [2.05, 4.69) is 17.6 Å². The number of ether oxygens (including phenoxy) is 1. The molecule has 3 aromatic rings. The fourth-order valence-corrected chi connectivity index (χ4v) is 5.21. The molecule has 3 rings (SSSR count). The molecule has 2 unspecified atom stereocenters. The first-order valence-electron chi connectivity index (χ1n) is 15.2. The van der Waals surface area contributed by atoms with E-state index in [1.807, 2.05) is 74.5 Å². The molecule has 0 radical (unpaired) electrons. The van der Waals surface area contributed by atoms with Crippen LogP contribution in [0, 0.1) is 13.8 Å². The van der Waals surface area contributed by atoms with Gasteiger partial charge in [0.1, 0.15) is 17.7 Å². The van der Waals surface area contributed by atoms with Gasteiger partial charge in [0.15, 0.2) is 0 Å². The molecule has 3 aromatic carbocycles. The van der Waals surface area contributed by atoms with Gasteiger partial charge < -0.3 is 26.0 Å². The van der Waals surface area contributed by atoms with Crippen LogP contribution in [0.1, 0.15) is 82.5 Å². The average molecular weight is 603 g/mol. The first kappa shape index (κ1) is 34.1. The Labute approximate surface area is 260 Å². The number of benzene rings is 3. The Balaban J connectivity index is 2.07. The number of hydrogen-bond donors (Lipinski definition) is 3. The number of fused-ring (bicyclic) bond motifs is 1. The summed E-state index contributed by atoms with van der Waals surface area (Å²) in [4.78, 5) is 54.7. The molecular formula is C35H46N4O5. The standard InChI is InChI=1S/C35H46N4O5/c1-7-8-11-18-39(33(42)29(16-17-30(36)40)38-34(43)44-35(4,5)6)31(27-20-23(2)19-24(3)21-27)32(41)37-28-15-14-25-12-9-10-13-26(25)22-28/h9-10,12-15,19-22,29,31H,7-8,11,16-18H2,1-6H3,(H2,36,40)(H,37,41)(H,38,43). The van der Waals surface area contributed by atoms with Crippen LogP contribution in [0.25, 0.3) is 10.8 Å². The van der Waals surface area contributed by atoms with Crippen molar-refractivity contribution in [3.8, 4) is 0 Å². The van der Waals surface area contributed by atoms with Crippen LogP contribution in [-0.2, 0) is 19.1 Å². The summed E-state index contributed by atoms with van der Waals surface area (Å²) in [6, 6.07) is 17.2. The van der Waals surface area contributed by atoms with Crippen molar-refractivity contribution in [1.82, 2.24) is 10.2 Å². The van der Waals surface area contributed by atoms with Crippen molar-refractivity contribution in [1.29, 1.82) is 0 Å². The normalized spacial score (nSPS) is 12.7. The van der Waals surface area contributed by atoms with Crippen LogP contribution in [0.3, 0.4) is 0 Å². The van der Waals surface area contributed by atoms with Crippen molar-refractivity contribution in [2.45, 2.75) is 91.3 Å². The SMILES string of the molecule is CCCCCN(C(=O)C(CCC(N)=O)NC(=O)OC(C)(C)C)C(C(=O)Nc1ccc2ccccc2c1)c1cc(C)cc(C)c1. The van der Waals surface area contributed by atoms with Gasteiger partial charge in [-0.25, -0.2) is 4.79 Å². The van der Waals surface area contributed by atoms with Crippen molar-refractivity contribution < 1.29 is 23.9 Å². The number of unbranched alkanes of at least 4 members (excludes halogenated alkanes) is 2. The summed E-state index contributed by atoms with van der Waals surface area (Å²) in [6.07, 6.45) is 1.41. The number of primary amides is 1. The number of carbonyl (C=O) groups is 4. The largest absolute Gasteiger partial charge is 0.444 e. The fraction of sp³-hybridized carbons (Fsp3) is 0.429. The van der Waals surface area contributed by atoms with Crippen molar-refractivity contribution in [2.24, 2.45) is 5.73 Å². The van der Waals surface area contributed by atoms with E-state index in [4.69, 9.17) is 10.5 Å². The Bertz CT molecular complexity index is 1460. The summed E-state index contributed by atoms with van der Waals surface area (Å²) in [5, 5.41) is 7.69. The molecule has 0 aliphatic rings. The maximum Gasteiger partial charge on any atom is 0.408 e. The number of nitrogens with two attached hydrogens (primary N) is 1. The predicted octanol–water partition coefficient (Wildman–Crippen LogP) is 6.31. The summed E-state index contributed by atoms with van der Waals surface area (Å²) >= 11 is 0. The highest BCUT2D eigenvalue weighted by molar-refractivity contribution is 6.00. The van der Waals surface area contributed by atoms with Crippen LogP contribution in [0.15, 0.2) is 60.7 Å². The summed E-state index contributed by atoms with van der Waals surface area (Å²) in [6.45, 7) is 11.4. The molecule has 0 spiro atoms. The molecule has 2 atom stereocenters. The van der Waals surface area contributed by atoms with Crippen LogP contribution >= 0.6 is 0 Å². The van der Waals surface area contributed by atoms with Gasteiger partial charge >= 0.3 is 6.09 Å². The predicted molar refractivity (Wildman–Crippen MR) is 174 cm³/mol. The molecule has 4 amide bonds. The lowest BCUT2D eigenvalue weighted by Crippen LogP contribution is -2.52. The number of amides is 4. The summed E-state index contributed by atoms with van der Waals surface area (Å²) in [5.74, 6) is -1.49. The second-order valence-electron chi connectivity index (χ2n) is 12.3. The topological polar surface area (TPSA) is 131 Å². The highest BCUT2D eigenvalue weighted by Gasteiger charge is 2.36. The number of alkyl carbamates (subject to hydrolysis) is 1. The van der Waals surface area contributed by atoms with Gasteiger partial charge in [0, 0.05) is 18.7 Å². The number of aryl methyl sites for hydroxylation is 2. The van der Waals surface area contributed by atoms with Gasteiger partial charge in [-0.2, -0.15) is 0 Å². The first-order chi connectivity index (χ1) is 20.8. The van der Waals surface area contributed by atoms with Gasteiger partial charge in [-0.05, 0) is 75.9 Å². The zero-order valence-electron chi connectivity index (χ0n) is 26.7. The van der Waals surface area contributed by atoms with Gasteiger partial charge in [-0.3, -0.25) is 14.4 Å². The quantitative estimate of drug-likeness (QED) is 0.197. The van der Waals surface area contributed by atoms with E-state index >= 15 is 0 Å². The third-order valence-electron chi connectivity index (χ3n) is 7.09. The molecule has 9 heteroatoms. The highest BCUT2D eigenvalue weighted by Crippen LogP contribution is 2.28. The Hall–Kier alpha value is -4.40. The highest BCUT2D eigenvalue weighted by atomic mass is 16.6. The zero-order valence-corrected chi connectivity index (χ0v) is 26.7. The Morgan fingerprint density at radius 2 is 1.57 bits per heavy atom. The Morgan fingerprint density at radius 1 is 0.909 bits per heavy atom. The second-order valence-corrected chi connectivity index (χ2v) is 12.3. The molecule has 0 heterocycles. The molecule has 0 aromatic heterocycles. The smallest absolute Gasteiger partial charge is 0.408 e. The molecule has 0 saturated carbocycles. The molecule has 9 nitrogen and oxygen atoms in total. The second kappa shape index (κ2) is 15.4. The van der Waals surface area contributed by atoms with E-state index in [0.29, 0.717) is 17.7 Å². The van der Waals surface area contributed by atoms with Crippen molar-refractivity contribution in [3.05, 3.63) is 77.4 Å². The molecule has 0 aliphatic heterocycles. The number of rotatable bonds is 13. The van der Waals surface area contributed by atoms with E-state index in [1.54, 1.807) is 20.8 Å². The first-order valence-corrected chi connectivity index (χ1v) is 15.2. The van der Waals surface area contributed by atoms with Crippen molar-refractivity contribution in [3.63, 3.8) is 0 Å². The molecule has 0 fully saturated rings. The monoisotopic (exact) mass is 602 g/mol. The molecule has 4 N–H and O–H groups in total. The van der Waals surface area contributed by atoms with Gasteiger partial charge in [0.25, 0.3) is 5.91 Å². The van der Waals surface area contributed by atoms with Gasteiger partial charge in [0.05, 0.1) is 0 Å². The minimum Gasteiger partial charge on any atom is -0.444 e. The minimum atomic E-state index is -1.14. The van der Waals surface area contributed by atoms with Crippen LogP contribution in [-0.4, -0.2) is 46.9 Å².